The number of pyridine rings is 2. The summed E-state index contributed by atoms with van der Waals surface area (Å²) < 4.78 is 11.7. The van der Waals surface area contributed by atoms with Gasteiger partial charge in [0.05, 0.1) is 26.4 Å². The van der Waals surface area contributed by atoms with Crippen LogP contribution < -0.4 is 10.6 Å². The first kappa shape index (κ1) is 28.5. The third-order valence-electron chi connectivity index (χ3n) is 9.43. The number of carbonyl (C=O) groups is 3. The number of aromatic nitrogens is 2. The van der Waals surface area contributed by atoms with Crippen LogP contribution in [0.5, 0.6) is 0 Å². The number of nitrogens with zero attached hydrogens (tertiary/aromatic N) is 3. The highest BCUT2D eigenvalue weighted by Gasteiger charge is 2.58. The molecule has 7 rings (SSSR count). The monoisotopic (exact) mass is 593 g/mol. The van der Waals surface area contributed by atoms with Gasteiger partial charge in [-0.15, -0.1) is 0 Å². The molecule has 5 heterocycles. The summed E-state index contributed by atoms with van der Waals surface area (Å²) in [6, 6.07) is 14.0. The van der Waals surface area contributed by atoms with Gasteiger partial charge in [0.15, 0.2) is 5.78 Å². The van der Waals surface area contributed by atoms with E-state index in [0.29, 0.717) is 55.5 Å². The Balaban J connectivity index is 1.21. The molecule has 10 nitrogen and oxygen atoms in total. The standard InChI is InChI=1S/C34H35N5O5/c1-21-26(23-7-3-2-4-8-23)16-25-20-39(21)9-11-44-13-12-43-10-5-6-22-14-28-31(36-18-22)38-33(42)34(28)17-24-15-29(32(41)37-25)35-19-27(24)30(34)40/h2-8,14-15,18-19,21,25-26H,9-13,16-17,20H2,1H3,(H,37,41)(H,36,38,42)/b6-5-/t21?,25?,26?,34-/m0/s1. The van der Waals surface area contributed by atoms with Gasteiger partial charge in [0.1, 0.15) is 16.9 Å². The molecule has 1 saturated heterocycles. The fraction of sp³-hybridized carbons (Fsp3) is 0.382. The van der Waals surface area contributed by atoms with Gasteiger partial charge in [0.25, 0.3) is 5.91 Å². The Hall–Kier alpha value is -4.25. The van der Waals surface area contributed by atoms with Crippen LogP contribution in [0, 0.1) is 0 Å². The second-order valence-corrected chi connectivity index (χ2v) is 12.0. The van der Waals surface area contributed by atoms with Gasteiger partial charge in [-0.1, -0.05) is 42.5 Å². The van der Waals surface area contributed by atoms with Crippen molar-refractivity contribution in [3.05, 3.63) is 94.4 Å². The van der Waals surface area contributed by atoms with E-state index in [2.05, 4.69) is 44.6 Å². The highest BCUT2D eigenvalue weighted by molar-refractivity contribution is 6.28. The van der Waals surface area contributed by atoms with E-state index in [1.807, 2.05) is 36.4 Å². The van der Waals surface area contributed by atoms with Crippen LogP contribution in [0.15, 0.2) is 60.9 Å². The van der Waals surface area contributed by atoms with Gasteiger partial charge < -0.3 is 20.1 Å². The van der Waals surface area contributed by atoms with E-state index in [4.69, 9.17) is 9.47 Å². The maximum Gasteiger partial charge on any atom is 0.270 e. The quantitative estimate of drug-likeness (QED) is 0.413. The van der Waals surface area contributed by atoms with Gasteiger partial charge >= 0.3 is 0 Å². The molecular weight excluding hydrogens is 558 g/mol. The first-order chi connectivity index (χ1) is 21.4. The molecule has 4 unspecified atom stereocenters. The number of ketones is 1. The molecule has 7 bridgehead atoms. The van der Waals surface area contributed by atoms with E-state index < -0.39 is 11.3 Å². The third kappa shape index (κ3) is 5.02. The number of rotatable bonds is 1. The number of anilines is 1. The molecule has 0 radical (unpaired) electrons. The molecule has 4 aliphatic rings. The summed E-state index contributed by atoms with van der Waals surface area (Å²) in [5, 5.41) is 6.02. The van der Waals surface area contributed by atoms with Crippen molar-refractivity contribution < 1.29 is 23.9 Å². The number of Topliss-reactive ketones (excluding diaryl/α,β-unsaturated/α-hetero) is 1. The van der Waals surface area contributed by atoms with Crippen LogP contribution in [0.2, 0.25) is 0 Å². The molecule has 44 heavy (non-hydrogen) atoms. The predicted molar refractivity (Wildman–Crippen MR) is 164 cm³/mol. The van der Waals surface area contributed by atoms with Gasteiger partial charge in [0, 0.05) is 54.6 Å². The number of hydrogen-bond acceptors (Lipinski definition) is 8. The number of piperidine rings is 1. The van der Waals surface area contributed by atoms with Crippen molar-refractivity contribution >= 4 is 29.5 Å². The molecule has 0 saturated carbocycles. The first-order valence-electron chi connectivity index (χ1n) is 15.2. The Labute approximate surface area is 255 Å². The van der Waals surface area contributed by atoms with Crippen molar-refractivity contribution in [1.82, 2.24) is 20.2 Å². The lowest BCUT2D eigenvalue weighted by Crippen LogP contribution is -2.54. The molecule has 3 aliphatic heterocycles. The second kappa shape index (κ2) is 11.7. The van der Waals surface area contributed by atoms with Crippen LogP contribution in [-0.4, -0.2) is 84.1 Å². The molecule has 2 N–H and O–H groups in total. The normalized spacial score (nSPS) is 29.3. The van der Waals surface area contributed by atoms with E-state index >= 15 is 0 Å². The Morgan fingerprint density at radius 2 is 1.84 bits per heavy atom. The van der Waals surface area contributed by atoms with E-state index in [0.717, 1.165) is 18.5 Å². The lowest BCUT2D eigenvalue weighted by Gasteiger charge is -2.43. The van der Waals surface area contributed by atoms with Crippen LogP contribution in [0.1, 0.15) is 62.4 Å². The number of ether oxygens (including phenoxy) is 2. The Bertz CT molecular complexity index is 1640. The van der Waals surface area contributed by atoms with Gasteiger partial charge in [-0.3, -0.25) is 24.3 Å². The van der Waals surface area contributed by atoms with Gasteiger partial charge in [-0.25, -0.2) is 4.98 Å². The molecule has 2 aromatic heterocycles. The maximum atomic E-state index is 13.8. The van der Waals surface area contributed by atoms with Gasteiger partial charge in [0.2, 0.25) is 5.91 Å². The van der Waals surface area contributed by atoms with Crippen LogP contribution >= 0.6 is 0 Å². The van der Waals surface area contributed by atoms with Crippen LogP contribution in [0.3, 0.4) is 0 Å². The fourth-order valence-electron chi connectivity index (χ4n) is 7.10. The zero-order valence-electron chi connectivity index (χ0n) is 24.6. The average Bonchev–Trinajstić information content (AvgIpc) is 3.49. The van der Waals surface area contributed by atoms with E-state index in [9.17, 15) is 14.4 Å². The summed E-state index contributed by atoms with van der Waals surface area (Å²) in [5.41, 5.74) is 2.32. The number of fused-ring (bicyclic) bond motifs is 4. The number of hydrogen-bond donors (Lipinski definition) is 2. The van der Waals surface area contributed by atoms with Gasteiger partial charge in [-0.2, -0.15) is 0 Å². The SMILES string of the molecule is CC1C(c2ccccc2)CC2CN1CCOCCOC/C=C\c1cnc3c(c1)[C@]1(Cc4cc(ncc4C1=O)C(=O)N2)C(=O)N3. The molecule has 1 aliphatic carbocycles. The lowest BCUT2D eigenvalue weighted by molar-refractivity contribution is -0.119. The van der Waals surface area contributed by atoms with Gasteiger partial charge in [-0.05, 0) is 48.6 Å². The Morgan fingerprint density at radius 3 is 2.70 bits per heavy atom. The minimum absolute atomic E-state index is 0.114. The summed E-state index contributed by atoms with van der Waals surface area (Å²) in [4.78, 5) is 52.0. The molecule has 2 amide bonds. The smallest absolute Gasteiger partial charge is 0.270 e. The number of benzene rings is 1. The molecule has 1 fully saturated rings. The number of amides is 2. The minimum atomic E-state index is -1.43. The van der Waals surface area contributed by atoms with Crippen LogP contribution in [-0.2, 0) is 26.1 Å². The topological polar surface area (TPSA) is 123 Å². The van der Waals surface area contributed by atoms with Crippen molar-refractivity contribution in [2.75, 3.05) is 44.8 Å². The van der Waals surface area contributed by atoms with E-state index in [1.54, 1.807) is 12.3 Å². The highest BCUT2D eigenvalue weighted by Crippen LogP contribution is 2.47. The number of carbonyl (C=O) groups excluding carboxylic acids is 3. The Kier molecular flexibility index (Phi) is 7.57. The fourth-order valence-corrected chi connectivity index (χ4v) is 7.10. The van der Waals surface area contributed by atoms with E-state index in [-0.39, 0.29) is 41.8 Å². The molecule has 5 atom stereocenters. The molecule has 10 heteroatoms. The van der Waals surface area contributed by atoms with Crippen molar-refractivity contribution in [3.8, 4) is 0 Å². The molecule has 3 aromatic rings. The molecule has 1 aromatic carbocycles. The largest absolute Gasteiger partial charge is 0.378 e. The Morgan fingerprint density at radius 1 is 1.00 bits per heavy atom. The molecule has 226 valence electrons. The predicted octanol–water partition coefficient (Wildman–Crippen LogP) is 3.14. The molecular formula is C34H35N5O5. The van der Waals surface area contributed by atoms with Crippen LogP contribution in [0.25, 0.3) is 6.08 Å². The zero-order chi connectivity index (χ0) is 30.3. The highest BCUT2D eigenvalue weighted by atomic mass is 16.5. The summed E-state index contributed by atoms with van der Waals surface area (Å²) >= 11 is 0. The van der Waals surface area contributed by atoms with Crippen molar-refractivity contribution in [1.29, 1.82) is 0 Å². The third-order valence-corrected chi connectivity index (χ3v) is 9.43. The lowest BCUT2D eigenvalue weighted by atomic mass is 9.78. The summed E-state index contributed by atoms with van der Waals surface area (Å²) in [6.45, 7) is 5.52. The zero-order valence-corrected chi connectivity index (χ0v) is 24.6. The second-order valence-electron chi connectivity index (χ2n) is 12.0. The minimum Gasteiger partial charge on any atom is -0.378 e. The summed E-state index contributed by atoms with van der Waals surface area (Å²) in [5.74, 6) is -0.426. The first-order valence-corrected chi connectivity index (χ1v) is 15.2. The van der Waals surface area contributed by atoms with Crippen molar-refractivity contribution in [2.45, 2.75) is 43.2 Å². The average molecular weight is 594 g/mol. The summed E-state index contributed by atoms with van der Waals surface area (Å²) in [6.07, 6.45) is 7.77. The van der Waals surface area contributed by atoms with Crippen molar-refractivity contribution in [2.24, 2.45) is 0 Å². The summed E-state index contributed by atoms with van der Waals surface area (Å²) in [7, 11) is 0. The molecule has 1 spiro atoms. The van der Waals surface area contributed by atoms with E-state index in [1.165, 1.54) is 11.8 Å². The maximum absolute atomic E-state index is 13.8. The number of nitrogens with one attached hydrogen (secondary N) is 2. The van der Waals surface area contributed by atoms with Crippen LogP contribution in [0.4, 0.5) is 5.82 Å². The van der Waals surface area contributed by atoms with Crippen molar-refractivity contribution in [3.63, 3.8) is 0 Å².